The molecule has 1 aliphatic rings. The van der Waals surface area contributed by atoms with Crippen molar-refractivity contribution in [3.8, 4) is 5.75 Å². The quantitative estimate of drug-likeness (QED) is 0.358. The summed E-state index contributed by atoms with van der Waals surface area (Å²) in [5.74, 6) is -0.820. The molecular weight excluding hydrogens is 478 g/mol. The van der Waals surface area contributed by atoms with Crippen LogP contribution >= 0.6 is 11.6 Å². The van der Waals surface area contributed by atoms with Crippen LogP contribution in [0.25, 0.3) is 0 Å². The predicted molar refractivity (Wildman–Crippen MR) is 127 cm³/mol. The molecule has 0 saturated carbocycles. The van der Waals surface area contributed by atoms with E-state index in [2.05, 4.69) is 0 Å². The van der Waals surface area contributed by atoms with Gasteiger partial charge in [0.15, 0.2) is 12.4 Å². The molecule has 1 aliphatic heterocycles. The number of carbonyl (C=O) groups is 2. The van der Waals surface area contributed by atoms with Crippen molar-refractivity contribution >= 4 is 33.4 Å². The summed E-state index contributed by atoms with van der Waals surface area (Å²) in [4.78, 5) is 25.0. The fraction of sp³-hybridized carbons (Fsp3) is 0.200. The molecule has 176 valence electrons. The minimum absolute atomic E-state index is 0.0294. The van der Waals surface area contributed by atoms with Gasteiger partial charge in [-0.15, -0.1) is 0 Å². The van der Waals surface area contributed by atoms with E-state index in [1.807, 2.05) is 24.3 Å². The topological polar surface area (TPSA) is 90.0 Å². The molecule has 34 heavy (non-hydrogen) atoms. The van der Waals surface area contributed by atoms with Gasteiger partial charge in [-0.2, -0.15) is 4.31 Å². The largest absolute Gasteiger partial charge is 0.497 e. The van der Waals surface area contributed by atoms with E-state index in [-0.39, 0.29) is 22.0 Å². The van der Waals surface area contributed by atoms with Crippen molar-refractivity contribution in [1.29, 1.82) is 0 Å². The molecule has 4 rings (SSSR count). The summed E-state index contributed by atoms with van der Waals surface area (Å²) in [5, 5.41) is 0.0294. The van der Waals surface area contributed by atoms with E-state index in [4.69, 9.17) is 21.1 Å². The van der Waals surface area contributed by atoms with Gasteiger partial charge in [0.05, 0.1) is 22.6 Å². The first-order chi connectivity index (χ1) is 16.3. The lowest BCUT2D eigenvalue weighted by atomic mass is 10.0. The molecule has 0 fully saturated rings. The van der Waals surface area contributed by atoms with Crippen LogP contribution < -0.4 is 4.74 Å². The van der Waals surface area contributed by atoms with E-state index in [1.165, 1.54) is 35.7 Å². The lowest BCUT2D eigenvalue weighted by Crippen LogP contribution is -2.36. The SMILES string of the molecule is COc1cccc(C(=O)COC(=O)c2cc(S(=O)(=O)N3CCc4ccccc4C3)ccc2Cl)c1. The number of nitrogens with zero attached hydrogens (tertiary/aromatic N) is 1. The highest BCUT2D eigenvalue weighted by molar-refractivity contribution is 7.89. The van der Waals surface area contributed by atoms with Crippen molar-refractivity contribution in [2.75, 3.05) is 20.3 Å². The minimum atomic E-state index is -3.87. The lowest BCUT2D eigenvalue weighted by molar-refractivity contribution is 0.0474. The van der Waals surface area contributed by atoms with Crippen LogP contribution in [0.5, 0.6) is 5.75 Å². The van der Waals surface area contributed by atoms with Crippen molar-refractivity contribution in [1.82, 2.24) is 4.31 Å². The fourth-order valence-corrected chi connectivity index (χ4v) is 5.37. The summed E-state index contributed by atoms with van der Waals surface area (Å²) in [6, 6.07) is 18.0. The molecule has 0 amide bonds. The maximum Gasteiger partial charge on any atom is 0.340 e. The number of rotatable bonds is 7. The number of Topliss-reactive ketones (excluding diaryl/α,β-unsaturated/α-hetero) is 1. The highest BCUT2D eigenvalue weighted by atomic mass is 35.5. The van der Waals surface area contributed by atoms with E-state index in [0.29, 0.717) is 24.3 Å². The Hall–Kier alpha value is -3.20. The molecule has 0 saturated heterocycles. The second-order valence-corrected chi connectivity index (χ2v) is 10.1. The Morgan fingerprint density at radius 1 is 1.00 bits per heavy atom. The third kappa shape index (κ3) is 4.99. The summed E-state index contributed by atoms with van der Waals surface area (Å²) < 4.78 is 38.1. The average molecular weight is 500 g/mol. The summed E-state index contributed by atoms with van der Waals surface area (Å²) in [6.07, 6.45) is 0.601. The molecule has 7 nitrogen and oxygen atoms in total. The number of hydrogen-bond donors (Lipinski definition) is 0. The summed E-state index contributed by atoms with van der Waals surface area (Å²) in [7, 11) is -2.39. The van der Waals surface area contributed by atoms with E-state index >= 15 is 0 Å². The number of fused-ring (bicyclic) bond motifs is 1. The zero-order chi connectivity index (χ0) is 24.3. The van der Waals surface area contributed by atoms with Crippen molar-refractivity contribution in [3.63, 3.8) is 0 Å². The number of ether oxygens (including phenoxy) is 2. The number of carbonyl (C=O) groups excluding carboxylic acids is 2. The molecule has 0 atom stereocenters. The van der Waals surface area contributed by atoms with E-state index in [0.717, 1.165) is 11.1 Å². The van der Waals surface area contributed by atoms with Crippen LogP contribution in [0.15, 0.2) is 71.6 Å². The van der Waals surface area contributed by atoms with Gasteiger partial charge in [0, 0.05) is 18.7 Å². The number of ketones is 1. The molecule has 0 aliphatic carbocycles. The molecule has 0 aromatic heterocycles. The summed E-state index contributed by atoms with van der Waals surface area (Å²) in [5.41, 5.74) is 2.26. The Morgan fingerprint density at radius 3 is 2.53 bits per heavy atom. The van der Waals surface area contributed by atoms with Crippen LogP contribution in [0.3, 0.4) is 0 Å². The van der Waals surface area contributed by atoms with Crippen LogP contribution in [0.4, 0.5) is 0 Å². The number of benzene rings is 3. The number of methoxy groups -OCH3 is 1. The first-order valence-electron chi connectivity index (χ1n) is 10.5. The maximum atomic E-state index is 13.3. The predicted octanol–water partition coefficient (Wildman–Crippen LogP) is 4.14. The van der Waals surface area contributed by atoms with E-state index in [1.54, 1.807) is 18.2 Å². The monoisotopic (exact) mass is 499 g/mol. The van der Waals surface area contributed by atoms with Gasteiger partial charge in [0.1, 0.15) is 5.75 Å². The van der Waals surface area contributed by atoms with Gasteiger partial charge in [-0.1, -0.05) is 48.0 Å². The van der Waals surface area contributed by atoms with Crippen molar-refractivity contribution in [2.45, 2.75) is 17.9 Å². The van der Waals surface area contributed by atoms with E-state index < -0.39 is 28.4 Å². The lowest BCUT2D eigenvalue weighted by Gasteiger charge is -2.28. The molecule has 0 radical (unpaired) electrons. The van der Waals surface area contributed by atoms with Crippen LogP contribution in [-0.2, 0) is 27.7 Å². The third-order valence-corrected chi connectivity index (χ3v) is 7.79. The van der Waals surface area contributed by atoms with Crippen LogP contribution in [0, 0.1) is 0 Å². The molecule has 3 aromatic carbocycles. The van der Waals surface area contributed by atoms with Gasteiger partial charge >= 0.3 is 5.97 Å². The van der Waals surface area contributed by atoms with Crippen molar-refractivity contribution < 1.29 is 27.5 Å². The standard InChI is InChI=1S/C25H22ClNO6S/c1-32-20-8-4-7-18(13-20)24(28)16-33-25(29)22-14-21(9-10-23(22)26)34(30,31)27-12-11-17-5-2-3-6-19(17)15-27/h2-10,13-14H,11-12,15-16H2,1H3. The van der Waals surface area contributed by atoms with Gasteiger partial charge in [-0.3, -0.25) is 4.79 Å². The molecule has 9 heteroatoms. The highest BCUT2D eigenvalue weighted by Crippen LogP contribution is 2.28. The molecule has 0 spiro atoms. The normalized spacial score (nSPS) is 13.7. The van der Waals surface area contributed by atoms with Gasteiger partial charge < -0.3 is 9.47 Å². The molecule has 0 N–H and O–H groups in total. The zero-order valence-electron chi connectivity index (χ0n) is 18.4. The van der Waals surface area contributed by atoms with Crippen LogP contribution in [0.2, 0.25) is 5.02 Å². The Balaban J connectivity index is 1.50. The molecule has 3 aromatic rings. The summed E-state index contributed by atoms with van der Waals surface area (Å²) >= 11 is 6.16. The Kier molecular flexibility index (Phi) is 7.02. The molecule has 0 unspecified atom stereocenters. The maximum absolute atomic E-state index is 13.3. The average Bonchev–Trinajstić information content (AvgIpc) is 2.86. The second kappa shape index (κ2) is 9.97. The zero-order valence-corrected chi connectivity index (χ0v) is 19.9. The van der Waals surface area contributed by atoms with Crippen molar-refractivity contribution in [3.05, 3.63) is 94.0 Å². The first kappa shape index (κ1) is 23.9. The van der Waals surface area contributed by atoms with Gasteiger partial charge in [-0.05, 0) is 47.9 Å². The van der Waals surface area contributed by atoms with Crippen molar-refractivity contribution in [2.24, 2.45) is 0 Å². The number of hydrogen-bond acceptors (Lipinski definition) is 6. The number of halogens is 1. The van der Waals surface area contributed by atoms with Gasteiger partial charge in [0.2, 0.25) is 10.0 Å². The molecule has 1 heterocycles. The Morgan fingerprint density at radius 2 is 1.76 bits per heavy atom. The minimum Gasteiger partial charge on any atom is -0.497 e. The smallest absolute Gasteiger partial charge is 0.340 e. The van der Waals surface area contributed by atoms with Crippen LogP contribution in [-0.4, -0.2) is 44.7 Å². The molecule has 0 bridgehead atoms. The number of esters is 1. The highest BCUT2D eigenvalue weighted by Gasteiger charge is 2.29. The van der Waals surface area contributed by atoms with E-state index in [9.17, 15) is 18.0 Å². The second-order valence-electron chi connectivity index (χ2n) is 7.73. The van der Waals surface area contributed by atoms with Gasteiger partial charge in [0.25, 0.3) is 0 Å². The van der Waals surface area contributed by atoms with Gasteiger partial charge in [-0.25, -0.2) is 13.2 Å². The Labute approximate surface area is 202 Å². The fourth-order valence-electron chi connectivity index (χ4n) is 3.73. The third-order valence-electron chi connectivity index (χ3n) is 5.62. The summed E-state index contributed by atoms with van der Waals surface area (Å²) in [6.45, 7) is 0.0506. The first-order valence-corrected chi connectivity index (χ1v) is 12.3. The molecular formula is C25H22ClNO6S. The van der Waals surface area contributed by atoms with Crippen LogP contribution in [0.1, 0.15) is 31.8 Å². The number of sulfonamides is 1. The Bertz CT molecular complexity index is 1360.